The summed E-state index contributed by atoms with van der Waals surface area (Å²) in [5.74, 6) is -0.290. The van der Waals surface area contributed by atoms with Gasteiger partial charge in [-0.2, -0.15) is 0 Å². The summed E-state index contributed by atoms with van der Waals surface area (Å²) in [4.78, 5) is 25.8. The van der Waals surface area contributed by atoms with Crippen molar-refractivity contribution in [3.05, 3.63) is 35.4 Å². The quantitative estimate of drug-likeness (QED) is 0.533. The van der Waals surface area contributed by atoms with Gasteiger partial charge in [0.25, 0.3) is 0 Å². The highest BCUT2D eigenvalue weighted by Crippen LogP contribution is 2.31. The van der Waals surface area contributed by atoms with Crippen LogP contribution < -0.4 is 0 Å². The zero-order valence-corrected chi connectivity index (χ0v) is 15.1. The summed E-state index contributed by atoms with van der Waals surface area (Å²) in [5.41, 5.74) is 2.40. The zero-order chi connectivity index (χ0) is 17.5. The zero-order valence-electron chi connectivity index (χ0n) is 15.1. The minimum Gasteiger partial charge on any atom is -0.467 e. The van der Waals surface area contributed by atoms with Crippen LogP contribution in [-0.2, 0) is 20.7 Å². The van der Waals surface area contributed by atoms with Gasteiger partial charge in [0, 0.05) is 6.42 Å². The second kappa shape index (κ2) is 8.86. The molecule has 132 valence electrons. The van der Waals surface area contributed by atoms with Crippen molar-refractivity contribution in [2.24, 2.45) is 0 Å². The van der Waals surface area contributed by atoms with Crippen LogP contribution in [0.4, 0.5) is 0 Å². The number of rotatable bonds is 8. The second-order valence-corrected chi connectivity index (χ2v) is 6.61. The predicted molar refractivity (Wildman–Crippen MR) is 94.6 cm³/mol. The molecule has 2 atom stereocenters. The number of amides is 1. The molecule has 1 heterocycles. The number of esters is 1. The lowest BCUT2D eigenvalue weighted by Gasteiger charge is -2.29. The van der Waals surface area contributed by atoms with Crippen molar-refractivity contribution < 1.29 is 14.3 Å². The SMILES string of the molecule is CCCCCCc1ccc(C(C)N2C(=O)CCC2C(=O)OC)cc1. The summed E-state index contributed by atoms with van der Waals surface area (Å²) in [6.07, 6.45) is 7.10. The van der Waals surface area contributed by atoms with Gasteiger partial charge in [-0.3, -0.25) is 4.79 Å². The number of aryl methyl sites for hydroxylation is 1. The number of carbonyl (C=O) groups is 2. The van der Waals surface area contributed by atoms with Gasteiger partial charge in [0.2, 0.25) is 5.91 Å². The maximum atomic E-state index is 12.2. The highest BCUT2D eigenvalue weighted by molar-refractivity contribution is 5.88. The molecule has 2 rings (SSSR count). The second-order valence-electron chi connectivity index (χ2n) is 6.61. The van der Waals surface area contributed by atoms with Crippen LogP contribution in [0.3, 0.4) is 0 Å². The lowest BCUT2D eigenvalue weighted by Crippen LogP contribution is -2.40. The van der Waals surface area contributed by atoms with Crippen LogP contribution in [0.1, 0.15) is 69.5 Å². The van der Waals surface area contributed by atoms with Crippen molar-refractivity contribution in [2.45, 2.75) is 70.9 Å². The summed E-state index contributed by atoms with van der Waals surface area (Å²) in [6.45, 7) is 4.20. The van der Waals surface area contributed by atoms with Crippen LogP contribution in [0.15, 0.2) is 24.3 Å². The third-order valence-electron chi connectivity index (χ3n) is 4.93. The van der Waals surface area contributed by atoms with E-state index in [0.29, 0.717) is 12.8 Å². The van der Waals surface area contributed by atoms with Gasteiger partial charge in [0.05, 0.1) is 13.2 Å². The molecule has 4 heteroatoms. The minimum atomic E-state index is -0.453. The fourth-order valence-electron chi connectivity index (χ4n) is 3.43. The number of nitrogens with zero attached hydrogens (tertiary/aromatic N) is 1. The minimum absolute atomic E-state index is 0.0292. The molecule has 1 saturated heterocycles. The third-order valence-corrected chi connectivity index (χ3v) is 4.93. The Kier molecular flexibility index (Phi) is 6.83. The van der Waals surface area contributed by atoms with Gasteiger partial charge in [0.15, 0.2) is 0 Å². The van der Waals surface area contributed by atoms with Crippen LogP contribution in [0.25, 0.3) is 0 Å². The number of unbranched alkanes of at least 4 members (excludes halogenated alkanes) is 3. The number of hydrogen-bond donors (Lipinski definition) is 0. The topological polar surface area (TPSA) is 46.6 Å². The molecule has 1 aromatic carbocycles. The number of likely N-dealkylation sites (tertiary alicyclic amines) is 1. The monoisotopic (exact) mass is 331 g/mol. The molecule has 24 heavy (non-hydrogen) atoms. The van der Waals surface area contributed by atoms with E-state index in [1.807, 2.05) is 6.92 Å². The summed E-state index contributed by atoms with van der Waals surface area (Å²) in [7, 11) is 1.38. The molecule has 0 saturated carbocycles. The normalized spacial score (nSPS) is 18.7. The van der Waals surface area contributed by atoms with Crippen molar-refractivity contribution in [1.29, 1.82) is 0 Å². The molecular weight excluding hydrogens is 302 g/mol. The number of hydrogen-bond acceptors (Lipinski definition) is 3. The Morgan fingerprint density at radius 1 is 1.25 bits per heavy atom. The van der Waals surface area contributed by atoms with Gasteiger partial charge in [0.1, 0.15) is 6.04 Å². The number of methoxy groups -OCH3 is 1. The first-order valence-electron chi connectivity index (χ1n) is 9.06. The average molecular weight is 331 g/mol. The molecule has 1 fully saturated rings. The largest absolute Gasteiger partial charge is 0.467 e. The molecule has 1 amide bonds. The van der Waals surface area contributed by atoms with Crippen LogP contribution >= 0.6 is 0 Å². The summed E-state index contributed by atoms with van der Waals surface area (Å²) >= 11 is 0. The van der Waals surface area contributed by atoms with Crippen molar-refractivity contribution in [1.82, 2.24) is 4.90 Å². The highest BCUT2D eigenvalue weighted by Gasteiger charge is 2.39. The van der Waals surface area contributed by atoms with Crippen LogP contribution in [0.2, 0.25) is 0 Å². The first-order chi connectivity index (χ1) is 11.6. The van der Waals surface area contributed by atoms with E-state index >= 15 is 0 Å². The van der Waals surface area contributed by atoms with E-state index in [1.165, 1.54) is 38.4 Å². The van der Waals surface area contributed by atoms with Gasteiger partial charge < -0.3 is 9.64 Å². The Morgan fingerprint density at radius 2 is 1.96 bits per heavy atom. The first-order valence-corrected chi connectivity index (χ1v) is 9.06. The fourth-order valence-corrected chi connectivity index (χ4v) is 3.43. The molecule has 0 aromatic heterocycles. The molecule has 1 aliphatic rings. The average Bonchev–Trinajstić information content (AvgIpc) is 2.99. The fraction of sp³-hybridized carbons (Fsp3) is 0.600. The van der Waals surface area contributed by atoms with E-state index in [9.17, 15) is 9.59 Å². The first kappa shape index (κ1) is 18.5. The molecule has 1 aliphatic heterocycles. The van der Waals surface area contributed by atoms with Gasteiger partial charge in [-0.05, 0) is 37.3 Å². The van der Waals surface area contributed by atoms with Gasteiger partial charge in [-0.1, -0.05) is 50.5 Å². The summed E-state index contributed by atoms with van der Waals surface area (Å²) < 4.78 is 4.85. The molecule has 0 spiro atoms. The Bertz CT molecular complexity index is 553. The van der Waals surface area contributed by atoms with Gasteiger partial charge in [-0.15, -0.1) is 0 Å². The summed E-state index contributed by atoms with van der Waals surface area (Å²) in [5, 5.41) is 0. The van der Waals surface area contributed by atoms with Gasteiger partial charge >= 0.3 is 5.97 Å². The van der Waals surface area contributed by atoms with E-state index in [1.54, 1.807) is 4.90 Å². The summed E-state index contributed by atoms with van der Waals surface area (Å²) in [6, 6.07) is 7.89. The Balaban J connectivity index is 2.02. The Hall–Kier alpha value is -1.84. The van der Waals surface area contributed by atoms with Gasteiger partial charge in [-0.25, -0.2) is 4.79 Å². The number of benzene rings is 1. The molecule has 0 N–H and O–H groups in total. The smallest absolute Gasteiger partial charge is 0.328 e. The molecule has 1 aromatic rings. The molecule has 0 radical (unpaired) electrons. The van der Waals surface area contributed by atoms with Crippen molar-refractivity contribution in [3.8, 4) is 0 Å². The molecule has 0 aliphatic carbocycles. The number of carbonyl (C=O) groups excluding carboxylic acids is 2. The van der Waals surface area contributed by atoms with E-state index in [2.05, 4.69) is 31.2 Å². The Labute approximate surface area is 145 Å². The van der Waals surface area contributed by atoms with Crippen molar-refractivity contribution in [3.63, 3.8) is 0 Å². The van der Waals surface area contributed by atoms with Crippen LogP contribution in [0, 0.1) is 0 Å². The molecule has 4 nitrogen and oxygen atoms in total. The van der Waals surface area contributed by atoms with Crippen molar-refractivity contribution in [2.75, 3.05) is 7.11 Å². The standard InChI is InChI=1S/C20H29NO3/c1-4-5-6-7-8-16-9-11-17(12-10-16)15(2)21-18(20(23)24-3)13-14-19(21)22/h9-12,15,18H,4-8,13-14H2,1-3H3. The maximum Gasteiger partial charge on any atom is 0.328 e. The Morgan fingerprint density at radius 3 is 2.58 bits per heavy atom. The van der Waals surface area contributed by atoms with Crippen LogP contribution in [-0.4, -0.2) is 29.9 Å². The van der Waals surface area contributed by atoms with E-state index in [-0.39, 0.29) is 17.9 Å². The number of ether oxygens (including phenoxy) is 1. The maximum absolute atomic E-state index is 12.2. The highest BCUT2D eigenvalue weighted by atomic mass is 16.5. The predicted octanol–water partition coefficient (Wildman–Crippen LogP) is 4.03. The molecule has 2 unspecified atom stereocenters. The lowest BCUT2D eigenvalue weighted by molar-refractivity contribution is -0.150. The van der Waals surface area contributed by atoms with Crippen molar-refractivity contribution >= 4 is 11.9 Å². The lowest BCUT2D eigenvalue weighted by atomic mass is 10.0. The third kappa shape index (κ3) is 4.37. The van der Waals surface area contributed by atoms with E-state index in [4.69, 9.17) is 4.74 Å². The van der Waals surface area contributed by atoms with Crippen LogP contribution in [0.5, 0.6) is 0 Å². The van der Waals surface area contributed by atoms with E-state index < -0.39 is 6.04 Å². The molecule has 0 bridgehead atoms. The molecular formula is C20H29NO3. The van der Waals surface area contributed by atoms with E-state index in [0.717, 1.165) is 12.0 Å².